The lowest BCUT2D eigenvalue weighted by Gasteiger charge is -2.29. The van der Waals surface area contributed by atoms with Crippen LogP contribution >= 0.6 is 11.8 Å². The van der Waals surface area contributed by atoms with Gasteiger partial charge < -0.3 is 25.4 Å². The second-order valence-corrected chi connectivity index (χ2v) is 13.4. The van der Waals surface area contributed by atoms with Crippen molar-refractivity contribution in [3.63, 3.8) is 0 Å². The molecule has 0 aromatic carbocycles. The van der Waals surface area contributed by atoms with E-state index in [9.17, 15) is 32.7 Å². The highest BCUT2D eigenvalue weighted by Crippen LogP contribution is 2.46. The van der Waals surface area contributed by atoms with E-state index in [4.69, 9.17) is 4.74 Å². The van der Waals surface area contributed by atoms with Gasteiger partial charge in [-0.1, -0.05) is 18.7 Å². The van der Waals surface area contributed by atoms with Crippen LogP contribution in [-0.2, 0) is 29.1 Å². The first kappa shape index (κ1) is 28.4. The number of hydrogen-bond donors (Lipinski definition) is 4. The number of carbonyl (C=O) groups is 4. The number of thioether (sulfide) groups is 1. The Balaban J connectivity index is 1.57. The Morgan fingerprint density at radius 1 is 1.32 bits per heavy atom. The normalized spacial score (nSPS) is 32.9. The molecule has 4 rings (SSSR count). The Kier molecular flexibility index (Phi) is 8.43. The van der Waals surface area contributed by atoms with Crippen molar-refractivity contribution in [2.24, 2.45) is 5.92 Å². The number of sulfonamides is 1. The van der Waals surface area contributed by atoms with Crippen LogP contribution in [-0.4, -0.2) is 89.3 Å². The molecule has 12 nitrogen and oxygen atoms in total. The van der Waals surface area contributed by atoms with E-state index in [1.54, 1.807) is 0 Å². The Bertz CT molecular complexity index is 1140. The van der Waals surface area contributed by atoms with E-state index in [-0.39, 0.29) is 30.9 Å². The molecule has 0 bridgehead atoms. The fourth-order valence-corrected chi connectivity index (χ4v) is 7.11. The highest BCUT2D eigenvalue weighted by molar-refractivity contribution is 7.99. The molecule has 0 spiro atoms. The molecule has 2 heterocycles. The second kappa shape index (κ2) is 11.3. The predicted octanol–water partition coefficient (Wildman–Crippen LogP) is 0.143. The third-order valence-electron chi connectivity index (χ3n) is 7.00. The second-order valence-electron chi connectivity index (χ2n) is 10.3. The highest BCUT2D eigenvalue weighted by Gasteiger charge is 2.62. The Labute approximate surface area is 226 Å². The minimum absolute atomic E-state index is 0.0633. The zero-order valence-electron chi connectivity index (χ0n) is 21.2. The average Bonchev–Trinajstić information content (AvgIpc) is 3.74. The van der Waals surface area contributed by atoms with Gasteiger partial charge in [0.1, 0.15) is 17.6 Å². The van der Waals surface area contributed by atoms with Crippen molar-refractivity contribution in [3.8, 4) is 0 Å². The van der Waals surface area contributed by atoms with Crippen LogP contribution < -0.4 is 15.4 Å². The molecule has 1 saturated heterocycles. The van der Waals surface area contributed by atoms with Gasteiger partial charge in [0, 0.05) is 24.6 Å². The summed E-state index contributed by atoms with van der Waals surface area (Å²) in [5.41, 5.74) is -1.46. The van der Waals surface area contributed by atoms with Gasteiger partial charge in [0.25, 0.3) is 5.91 Å². The van der Waals surface area contributed by atoms with E-state index in [0.717, 1.165) is 6.42 Å². The standard InChI is InChI=1S/C24H34N4O8S2/c1-14(2)36-23(33)25-18-13-37-9-5-3-4-6-15-11-24(15,22(32)27-38(34,35)17-7-8-17)26-20(30)19-10-16(29)12-28(19)21(18)31/h4,6,15-19,29H,1,3,5,7-13H2,2H3,(H,25,33)(H,26,30)(H,27,32)/b6-4-/t15-,16-,18+,19+,24-/m1/s1. The van der Waals surface area contributed by atoms with Crippen LogP contribution in [0, 0.1) is 5.92 Å². The van der Waals surface area contributed by atoms with Crippen LogP contribution in [0.5, 0.6) is 0 Å². The molecule has 38 heavy (non-hydrogen) atoms. The summed E-state index contributed by atoms with van der Waals surface area (Å²) < 4.78 is 32.0. The molecule has 4 amide bonds. The van der Waals surface area contributed by atoms with Crippen molar-refractivity contribution >= 4 is 45.6 Å². The van der Waals surface area contributed by atoms with Gasteiger partial charge in [-0.05, 0) is 44.8 Å². The number of aliphatic hydroxyl groups excluding tert-OH is 1. The van der Waals surface area contributed by atoms with Gasteiger partial charge in [-0.15, -0.1) is 0 Å². The molecule has 5 atom stereocenters. The van der Waals surface area contributed by atoms with Crippen LogP contribution in [0.2, 0.25) is 0 Å². The van der Waals surface area contributed by atoms with Crippen LogP contribution in [0.4, 0.5) is 4.79 Å². The molecular weight excluding hydrogens is 536 g/mol. The molecule has 2 saturated carbocycles. The van der Waals surface area contributed by atoms with Crippen LogP contribution in [0.3, 0.4) is 0 Å². The zero-order chi connectivity index (χ0) is 27.7. The molecule has 4 N–H and O–H groups in total. The van der Waals surface area contributed by atoms with E-state index in [0.29, 0.717) is 25.0 Å². The monoisotopic (exact) mass is 570 g/mol. The Morgan fingerprint density at radius 2 is 2.05 bits per heavy atom. The number of aliphatic hydroxyl groups is 1. The first-order chi connectivity index (χ1) is 17.9. The van der Waals surface area contributed by atoms with Gasteiger partial charge >= 0.3 is 6.09 Å². The summed E-state index contributed by atoms with van der Waals surface area (Å²) in [5, 5.41) is 15.0. The van der Waals surface area contributed by atoms with Crippen molar-refractivity contribution in [2.75, 3.05) is 18.1 Å². The number of nitrogens with zero attached hydrogens (tertiary/aromatic N) is 1. The summed E-state index contributed by atoms with van der Waals surface area (Å²) in [5.74, 6) is -1.38. The molecular formula is C24H34N4O8S2. The molecule has 0 aromatic rings. The SMILES string of the molecule is C=C(C)OC(=O)N[C@H]1CSCCC/C=C\[C@@H]2C[C@@]2(C(=O)NS(=O)(=O)C2CC2)NC(=O)[C@@H]2C[C@@H](O)CN2C1=O. The number of alkyl carbamates (subject to hydrolysis) is 1. The number of rotatable bonds is 5. The Hall–Kier alpha value is -2.58. The first-order valence-electron chi connectivity index (χ1n) is 12.7. The summed E-state index contributed by atoms with van der Waals surface area (Å²) in [6.45, 7) is 4.87. The largest absolute Gasteiger partial charge is 0.416 e. The minimum Gasteiger partial charge on any atom is -0.416 e. The fraction of sp³-hybridized carbons (Fsp3) is 0.667. The molecule has 3 fully saturated rings. The predicted molar refractivity (Wildman–Crippen MR) is 139 cm³/mol. The number of ether oxygens (including phenoxy) is 1. The average molecular weight is 571 g/mol. The molecule has 0 aromatic heterocycles. The molecule has 4 aliphatic rings. The molecule has 0 unspecified atom stereocenters. The molecule has 210 valence electrons. The number of carbonyl (C=O) groups excluding carboxylic acids is 4. The maximum absolute atomic E-state index is 13.5. The van der Waals surface area contributed by atoms with Crippen molar-refractivity contribution in [3.05, 3.63) is 24.5 Å². The van der Waals surface area contributed by atoms with Gasteiger partial charge in [0.15, 0.2) is 0 Å². The molecule has 2 aliphatic heterocycles. The number of allylic oxidation sites excluding steroid dienone is 2. The summed E-state index contributed by atoms with van der Waals surface area (Å²) in [7, 11) is -3.83. The van der Waals surface area contributed by atoms with Crippen molar-refractivity contribution in [1.29, 1.82) is 0 Å². The zero-order valence-corrected chi connectivity index (χ0v) is 22.8. The lowest BCUT2D eigenvalue weighted by molar-refractivity contribution is -0.140. The number of hydrogen-bond acceptors (Lipinski definition) is 9. The first-order valence-corrected chi connectivity index (χ1v) is 15.4. The van der Waals surface area contributed by atoms with Gasteiger partial charge in [-0.3, -0.25) is 19.1 Å². The minimum atomic E-state index is -3.83. The third kappa shape index (κ3) is 6.52. The number of nitrogens with one attached hydrogen (secondary N) is 3. The van der Waals surface area contributed by atoms with E-state index in [1.165, 1.54) is 23.6 Å². The maximum Gasteiger partial charge on any atom is 0.412 e. The van der Waals surface area contributed by atoms with E-state index in [2.05, 4.69) is 21.9 Å². The van der Waals surface area contributed by atoms with Crippen molar-refractivity contribution < 1.29 is 37.4 Å². The van der Waals surface area contributed by atoms with E-state index < -0.39 is 68.7 Å². The molecule has 2 aliphatic carbocycles. The van der Waals surface area contributed by atoms with Crippen molar-refractivity contribution in [1.82, 2.24) is 20.3 Å². The summed E-state index contributed by atoms with van der Waals surface area (Å²) in [6.07, 6.45) is 4.44. The smallest absolute Gasteiger partial charge is 0.412 e. The quantitative estimate of drug-likeness (QED) is 0.265. The lowest BCUT2D eigenvalue weighted by Crippen LogP contribution is -2.58. The lowest BCUT2D eigenvalue weighted by atomic mass is 10.1. The summed E-state index contributed by atoms with van der Waals surface area (Å²) >= 11 is 1.46. The van der Waals surface area contributed by atoms with E-state index in [1.807, 2.05) is 12.2 Å². The van der Waals surface area contributed by atoms with Gasteiger partial charge in [0.2, 0.25) is 21.8 Å². The van der Waals surface area contributed by atoms with Gasteiger partial charge in [-0.25, -0.2) is 13.2 Å². The molecule has 0 radical (unpaired) electrons. The maximum atomic E-state index is 13.5. The Morgan fingerprint density at radius 3 is 2.74 bits per heavy atom. The number of amides is 4. The van der Waals surface area contributed by atoms with Gasteiger partial charge in [-0.2, -0.15) is 11.8 Å². The number of fused-ring (bicyclic) bond motifs is 2. The van der Waals surface area contributed by atoms with Gasteiger partial charge in [0.05, 0.1) is 17.1 Å². The van der Waals surface area contributed by atoms with Crippen molar-refractivity contribution in [2.45, 2.75) is 74.4 Å². The van der Waals surface area contributed by atoms with Crippen LogP contribution in [0.15, 0.2) is 24.5 Å². The van der Waals surface area contributed by atoms with Crippen LogP contribution in [0.1, 0.15) is 45.4 Å². The van der Waals surface area contributed by atoms with Crippen LogP contribution in [0.25, 0.3) is 0 Å². The van der Waals surface area contributed by atoms with E-state index >= 15 is 0 Å². The summed E-state index contributed by atoms with van der Waals surface area (Å²) in [4.78, 5) is 53.6. The molecule has 14 heteroatoms. The third-order valence-corrected chi connectivity index (χ3v) is 9.96. The summed E-state index contributed by atoms with van der Waals surface area (Å²) in [6, 6.07) is -2.13. The highest BCUT2D eigenvalue weighted by atomic mass is 32.2. The topological polar surface area (TPSA) is 171 Å². The fourth-order valence-electron chi connectivity index (χ4n) is 4.74.